The molecule has 1 unspecified atom stereocenters. The van der Waals surface area contributed by atoms with Crippen molar-refractivity contribution < 1.29 is 19.0 Å². The van der Waals surface area contributed by atoms with Crippen LogP contribution in [0, 0.1) is 12.7 Å². The van der Waals surface area contributed by atoms with E-state index in [1.807, 2.05) is 13.8 Å². The normalized spacial score (nSPS) is 11.9. The topological polar surface area (TPSA) is 58.6 Å². The monoisotopic (exact) mass is 409 g/mol. The van der Waals surface area contributed by atoms with Gasteiger partial charge < -0.3 is 15.2 Å². The molecule has 0 aliphatic rings. The van der Waals surface area contributed by atoms with Crippen molar-refractivity contribution in [2.45, 2.75) is 33.4 Å². The molecule has 0 aliphatic carbocycles. The van der Waals surface area contributed by atoms with Crippen LogP contribution in [0.2, 0.25) is 0 Å². The molecule has 4 nitrogen and oxygen atoms in total. The zero-order valence-corrected chi connectivity index (χ0v) is 16.0. The fourth-order valence-corrected chi connectivity index (χ4v) is 3.12. The van der Waals surface area contributed by atoms with Crippen molar-refractivity contribution in [1.82, 2.24) is 5.32 Å². The van der Waals surface area contributed by atoms with Crippen LogP contribution in [0.1, 0.15) is 46.9 Å². The number of aryl methyl sites for hydroxylation is 1. The predicted molar refractivity (Wildman–Crippen MR) is 98.3 cm³/mol. The van der Waals surface area contributed by atoms with Crippen molar-refractivity contribution in [3.63, 3.8) is 0 Å². The van der Waals surface area contributed by atoms with E-state index in [1.54, 1.807) is 31.2 Å². The molecule has 0 spiro atoms. The van der Waals surface area contributed by atoms with Crippen molar-refractivity contribution in [3.8, 4) is 5.75 Å². The molecule has 2 aromatic rings. The number of carbonyl (C=O) groups excluding carboxylic acids is 1. The number of hydrogen-bond donors (Lipinski definition) is 2. The van der Waals surface area contributed by atoms with E-state index in [0.717, 1.165) is 5.56 Å². The lowest BCUT2D eigenvalue weighted by atomic mass is 10.0. The average Bonchev–Trinajstić information content (AvgIpc) is 2.58. The molecule has 2 aromatic carbocycles. The van der Waals surface area contributed by atoms with Gasteiger partial charge in [-0.1, -0.05) is 12.1 Å². The molecule has 0 fully saturated rings. The lowest BCUT2D eigenvalue weighted by molar-refractivity contribution is 0.0935. The molecular formula is C19H21BrFNO3. The number of hydrogen-bond acceptors (Lipinski definition) is 3. The molecule has 0 heterocycles. The number of rotatable bonds is 6. The number of benzene rings is 2. The van der Waals surface area contributed by atoms with E-state index in [4.69, 9.17) is 4.74 Å². The van der Waals surface area contributed by atoms with Crippen LogP contribution in [0.15, 0.2) is 34.8 Å². The third kappa shape index (κ3) is 4.58. The molecule has 2 rings (SSSR count). The molecule has 1 amide bonds. The number of halogens is 2. The smallest absolute Gasteiger partial charge is 0.255 e. The Morgan fingerprint density at radius 3 is 2.68 bits per heavy atom. The first-order valence-electron chi connectivity index (χ1n) is 8.00. The van der Waals surface area contributed by atoms with E-state index in [1.165, 1.54) is 6.07 Å². The summed E-state index contributed by atoms with van der Waals surface area (Å²) in [6.07, 6.45) is 0. The highest BCUT2D eigenvalue weighted by Gasteiger charge is 2.19. The summed E-state index contributed by atoms with van der Waals surface area (Å²) in [5, 5.41) is 12.3. The summed E-state index contributed by atoms with van der Waals surface area (Å²) in [4.78, 5) is 12.7. The van der Waals surface area contributed by atoms with Crippen LogP contribution in [0.3, 0.4) is 0 Å². The van der Waals surface area contributed by atoms with E-state index in [2.05, 4.69) is 21.2 Å². The number of ether oxygens (including phenoxy) is 1. The van der Waals surface area contributed by atoms with Gasteiger partial charge in [0.2, 0.25) is 0 Å². The van der Waals surface area contributed by atoms with Crippen LogP contribution in [0.5, 0.6) is 5.75 Å². The van der Waals surface area contributed by atoms with Gasteiger partial charge in [-0.15, -0.1) is 0 Å². The molecule has 0 radical (unpaired) electrons. The Morgan fingerprint density at radius 1 is 1.36 bits per heavy atom. The van der Waals surface area contributed by atoms with Crippen LogP contribution in [-0.2, 0) is 6.61 Å². The SMILES string of the molecule is CCOc1c(Br)cc(CO)cc1C(=O)NC(C)c1ccc(F)c(C)c1. The summed E-state index contributed by atoms with van der Waals surface area (Å²) in [6.45, 7) is 5.57. The minimum atomic E-state index is -0.325. The second-order valence-corrected chi connectivity index (χ2v) is 6.60. The highest BCUT2D eigenvalue weighted by atomic mass is 79.9. The van der Waals surface area contributed by atoms with Gasteiger partial charge in [0, 0.05) is 0 Å². The van der Waals surface area contributed by atoms with Gasteiger partial charge in [-0.2, -0.15) is 0 Å². The highest BCUT2D eigenvalue weighted by Crippen LogP contribution is 2.31. The van der Waals surface area contributed by atoms with Gasteiger partial charge in [-0.3, -0.25) is 4.79 Å². The molecule has 25 heavy (non-hydrogen) atoms. The number of aliphatic hydroxyl groups excluding tert-OH is 1. The van der Waals surface area contributed by atoms with Crippen LogP contribution in [0.25, 0.3) is 0 Å². The predicted octanol–water partition coefficient (Wildman–Crippen LogP) is 4.28. The van der Waals surface area contributed by atoms with Crippen LogP contribution >= 0.6 is 15.9 Å². The maximum atomic E-state index is 13.4. The first kappa shape index (κ1) is 19.4. The molecule has 134 valence electrons. The number of amides is 1. The van der Waals surface area contributed by atoms with Crippen molar-refractivity contribution in [1.29, 1.82) is 0 Å². The lowest BCUT2D eigenvalue weighted by Gasteiger charge is -2.18. The fraction of sp³-hybridized carbons (Fsp3) is 0.316. The van der Waals surface area contributed by atoms with E-state index < -0.39 is 0 Å². The molecule has 0 bridgehead atoms. The van der Waals surface area contributed by atoms with Crippen molar-refractivity contribution in [2.24, 2.45) is 0 Å². The Hall–Kier alpha value is -1.92. The molecule has 1 atom stereocenters. The van der Waals surface area contributed by atoms with Gasteiger partial charge in [0.05, 0.1) is 29.3 Å². The zero-order chi connectivity index (χ0) is 18.6. The maximum Gasteiger partial charge on any atom is 0.255 e. The van der Waals surface area contributed by atoms with Crippen molar-refractivity contribution in [3.05, 3.63) is 62.9 Å². The Labute approximate surface area is 155 Å². The first-order valence-corrected chi connectivity index (χ1v) is 8.79. The number of carbonyl (C=O) groups is 1. The fourth-order valence-electron chi connectivity index (χ4n) is 2.50. The van der Waals surface area contributed by atoms with Crippen LogP contribution in [0.4, 0.5) is 4.39 Å². The summed E-state index contributed by atoms with van der Waals surface area (Å²) in [5.41, 5.74) is 2.28. The summed E-state index contributed by atoms with van der Waals surface area (Å²) in [6, 6.07) is 7.77. The van der Waals surface area contributed by atoms with E-state index in [9.17, 15) is 14.3 Å². The average molecular weight is 410 g/mol. The van der Waals surface area contributed by atoms with Gasteiger partial charge in [0.1, 0.15) is 11.6 Å². The molecule has 0 aliphatic heterocycles. The Kier molecular flexibility index (Phi) is 6.56. The molecular weight excluding hydrogens is 389 g/mol. The Morgan fingerprint density at radius 2 is 2.08 bits per heavy atom. The summed E-state index contributed by atoms with van der Waals surface area (Å²) in [7, 11) is 0. The maximum absolute atomic E-state index is 13.4. The molecule has 0 saturated carbocycles. The quantitative estimate of drug-likeness (QED) is 0.748. The summed E-state index contributed by atoms with van der Waals surface area (Å²) >= 11 is 3.38. The van der Waals surface area contributed by atoms with E-state index >= 15 is 0 Å². The minimum Gasteiger partial charge on any atom is -0.492 e. The standard InChI is InChI=1S/C19H21BrFNO3/c1-4-25-18-15(8-13(10-23)9-16(18)20)19(24)22-12(3)14-5-6-17(21)11(2)7-14/h5-9,12,23H,4,10H2,1-3H3,(H,22,24). The summed E-state index contributed by atoms with van der Waals surface area (Å²) in [5.74, 6) is -0.172. The second-order valence-electron chi connectivity index (χ2n) is 5.75. The van der Waals surface area contributed by atoms with E-state index in [0.29, 0.717) is 33.5 Å². The summed E-state index contributed by atoms with van der Waals surface area (Å²) < 4.78 is 19.6. The number of nitrogens with one attached hydrogen (secondary N) is 1. The first-order chi connectivity index (χ1) is 11.9. The van der Waals surface area contributed by atoms with Gasteiger partial charge in [-0.25, -0.2) is 4.39 Å². The van der Waals surface area contributed by atoms with Crippen molar-refractivity contribution in [2.75, 3.05) is 6.61 Å². The van der Waals surface area contributed by atoms with Gasteiger partial charge in [0.15, 0.2) is 0 Å². The Bertz CT molecular complexity index is 780. The molecule has 6 heteroatoms. The highest BCUT2D eigenvalue weighted by molar-refractivity contribution is 9.10. The zero-order valence-electron chi connectivity index (χ0n) is 14.4. The lowest BCUT2D eigenvalue weighted by Crippen LogP contribution is -2.27. The molecule has 0 aromatic heterocycles. The van der Waals surface area contributed by atoms with Gasteiger partial charge in [0.25, 0.3) is 5.91 Å². The minimum absolute atomic E-state index is 0.183. The third-order valence-electron chi connectivity index (χ3n) is 3.85. The van der Waals surface area contributed by atoms with Crippen molar-refractivity contribution >= 4 is 21.8 Å². The second kappa shape index (κ2) is 8.45. The van der Waals surface area contributed by atoms with Gasteiger partial charge in [-0.05, 0) is 71.6 Å². The van der Waals surface area contributed by atoms with Crippen LogP contribution in [-0.4, -0.2) is 17.6 Å². The van der Waals surface area contributed by atoms with Gasteiger partial charge >= 0.3 is 0 Å². The number of aliphatic hydroxyl groups is 1. The Balaban J connectivity index is 2.30. The molecule has 2 N–H and O–H groups in total. The largest absolute Gasteiger partial charge is 0.492 e. The molecule has 0 saturated heterocycles. The van der Waals surface area contributed by atoms with Crippen LogP contribution < -0.4 is 10.1 Å². The third-order valence-corrected chi connectivity index (χ3v) is 4.44. The van der Waals surface area contributed by atoms with E-state index in [-0.39, 0.29) is 24.4 Å².